The monoisotopic (exact) mass is 623 g/mol. The van der Waals surface area contributed by atoms with Gasteiger partial charge in [0, 0.05) is 62.7 Å². The standard InChI is InChI=1S/C43H29NS2/c1-43(2)35-13-6-3-12-32(35)42-36(43)14-9-15-37(42)44(29-20-21-40-34(25-29)31-11-5-7-16-38(31)45-40)28-19-18-26-23-33-30-10-4-8-17-39(30)46-41(33)24-27(26)22-28/h3-25H,1-2H3. The van der Waals surface area contributed by atoms with Crippen molar-refractivity contribution < 1.29 is 0 Å². The first-order valence-electron chi connectivity index (χ1n) is 15.8. The lowest BCUT2D eigenvalue weighted by Gasteiger charge is -2.29. The molecule has 0 saturated carbocycles. The second-order valence-electron chi connectivity index (χ2n) is 13.0. The summed E-state index contributed by atoms with van der Waals surface area (Å²) < 4.78 is 5.32. The van der Waals surface area contributed by atoms with E-state index < -0.39 is 0 Å². The molecule has 1 aliphatic rings. The summed E-state index contributed by atoms with van der Waals surface area (Å²) in [4.78, 5) is 2.50. The van der Waals surface area contributed by atoms with E-state index >= 15 is 0 Å². The molecule has 7 aromatic carbocycles. The van der Waals surface area contributed by atoms with E-state index in [1.54, 1.807) is 0 Å². The summed E-state index contributed by atoms with van der Waals surface area (Å²) in [6.07, 6.45) is 0. The van der Waals surface area contributed by atoms with Crippen molar-refractivity contribution in [3.05, 3.63) is 151 Å². The molecule has 0 fully saturated rings. The summed E-state index contributed by atoms with van der Waals surface area (Å²) in [6, 6.07) is 52.2. The van der Waals surface area contributed by atoms with E-state index in [2.05, 4.69) is 158 Å². The van der Waals surface area contributed by atoms with E-state index in [1.165, 1.54) is 90.4 Å². The Bertz CT molecular complexity index is 2690. The van der Waals surface area contributed by atoms with Gasteiger partial charge in [-0.15, -0.1) is 22.7 Å². The van der Waals surface area contributed by atoms with Crippen LogP contribution in [-0.4, -0.2) is 0 Å². The number of thiophene rings is 2. The highest BCUT2D eigenvalue weighted by Gasteiger charge is 2.37. The van der Waals surface area contributed by atoms with Gasteiger partial charge in [0.05, 0.1) is 5.69 Å². The quantitative estimate of drug-likeness (QED) is 0.189. The Morgan fingerprint density at radius 3 is 1.91 bits per heavy atom. The summed E-state index contributed by atoms with van der Waals surface area (Å²) in [5, 5.41) is 7.84. The first kappa shape index (κ1) is 26.3. The van der Waals surface area contributed by atoms with Crippen LogP contribution in [0.4, 0.5) is 17.1 Å². The summed E-state index contributed by atoms with van der Waals surface area (Å²) in [7, 11) is 0. The number of rotatable bonds is 3. The first-order chi connectivity index (χ1) is 22.5. The summed E-state index contributed by atoms with van der Waals surface area (Å²) in [5.41, 5.74) is 8.93. The van der Waals surface area contributed by atoms with E-state index in [9.17, 15) is 0 Å². The minimum absolute atomic E-state index is 0.0721. The van der Waals surface area contributed by atoms with Crippen molar-refractivity contribution in [2.24, 2.45) is 0 Å². The van der Waals surface area contributed by atoms with Crippen LogP contribution >= 0.6 is 22.7 Å². The molecule has 3 heteroatoms. The van der Waals surface area contributed by atoms with Crippen LogP contribution in [0.5, 0.6) is 0 Å². The van der Waals surface area contributed by atoms with E-state index in [-0.39, 0.29) is 5.41 Å². The van der Waals surface area contributed by atoms with Crippen LogP contribution in [0.25, 0.3) is 62.2 Å². The Labute approximate surface area is 275 Å². The predicted octanol–water partition coefficient (Wildman–Crippen LogP) is 13.4. The molecular weight excluding hydrogens is 595 g/mol. The van der Waals surface area contributed by atoms with Gasteiger partial charge < -0.3 is 4.90 Å². The summed E-state index contributed by atoms with van der Waals surface area (Å²) in [5.74, 6) is 0. The Kier molecular flexibility index (Phi) is 5.44. The third-order valence-electron chi connectivity index (χ3n) is 10.0. The molecule has 2 aromatic heterocycles. The molecule has 9 aromatic rings. The van der Waals surface area contributed by atoms with Gasteiger partial charge in [-0.1, -0.05) is 92.7 Å². The van der Waals surface area contributed by atoms with Crippen molar-refractivity contribution in [3.8, 4) is 11.1 Å². The number of anilines is 3. The van der Waals surface area contributed by atoms with E-state index in [0.29, 0.717) is 0 Å². The van der Waals surface area contributed by atoms with Gasteiger partial charge in [0.2, 0.25) is 0 Å². The second-order valence-corrected chi connectivity index (χ2v) is 15.1. The third kappa shape index (κ3) is 3.67. The lowest BCUT2D eigenvalue weighted by atomic mass is 9.82. The molecule has 0 aliphatic heterocycles. The molecule has 0 spiro atoms. The minimum atomic E-state index is -0.0721. The lowest BCUT2D eigenvalue weighted by molar-refractivity contribution is 0.660. The van der Waals surface area contributed by atoms with Crippen LogP contribution in [0.1, 0.15) is 25.0 Å². The van der Waals surface area contributed by atoms with Gasteiger partial charge in [-0.05, 0) is 88.1 Å². The molecule has 0 radical (unpaired) electrons. The van der Waals surface area contributed by atoms with Crippen LogP contribution in [0.2, 0.25) is 0 Å². The SMILES string of the molecule is CC1(C)c2ccccc2-c2c(N(c3ccc4cc5c(cc4c3)sc3ccccc35)c3ccc4sc5ccccc5c4c3)cccc21. The zero-order chi connectivity index (χ0) is 30.6. The van der Waals surface area contributed by atoms with Gasteiger partial charge in [-0.25, -0.2) is 0 Å². The molecule has 0 bridgehead atoms. The minimum Gasteiger partial charge on any atom is -0.310 e. The topological polar surface area (TPSA) is 3.24 Å². The number of nitrogens with zero attached hydrogens (tertiary/aromatic N) is 1. The fourth-order valence-corrected chi connectivity index (χ4v) is 10.0. The van der Waals surface area contributed by atoms with Crippen LogP contribution < -0.4 is 4.90 Å². The zero-order valence-electron chi connectivity index (χ0n) is 25.5. The molecule has 1 nitrogen and oxygen atoms in total. The van der Waals surface area contributed by atoms with Crippen molar-refractivity contribution in [2.75, 3.05) is 4.90 Å². The van der Waals surface area contributed by atoms with Crippen LogP contribution in [-0.2, 0) is 5.41 Å². The fourth-order valence-electron chi connectivity index (χ4n) is 7.80. The van der Waals surface area contributed by atoms with Crippen LogP contribution in [0, 0.1) is 0 Å². The van der Waals surface area contributed by atoms with E-state index in [1.807, 2.05) is 22.7 Å². The molecule has 1 aliphatic carbocycles. The molecular formula is C43H29NS2. The number of hydrogen-bond donors (Lipinski definition) is 0. The number of benzene rings is 7. The number of hydrogen-bond acceptors (Lipinski definition) is 3. The van der Waals surface area contributed by atoms with Crippen LogP contribution in [0.3, 0.4) is 0 Å². The molecule has 0 saturated heterocycles. The highest BCUT2D eigenvalue weighted by Crippen LogP contribution is 2.54. The Hall–Kier alpha value is -4.96. The van der Waals surface area contributed by atoms with Gasteiger partial charge in [-0.2, -0.15) is 0 Å². The first-order valence-corrected chi connectivity index (χ1v) is 17.5. The van der Waals surface area contributed by atoms with Gasteiger partial charge in [0.1, 0.15) is 0 Å². The van der Waals surface area contributed by atoms with E-state index in [0.717, 1.165) is 0 Å². The molecule has 0 unspecified atom stereocenters. The maximum atomic E-state index is 2.50. The van der Waals surface area contributed by atoms with Crippen molar-refractivity contribution >= 4 is 90.9 Å². The van der Waals surface area contributed by atoms with Crippen molar-refractivity contribution in [3.63, 3.8) is 0 Å². The van der Waals surface area contributed by atoms with Crippen molar-refractivity contribution in [1.82, 2.24) is 0 Å². The van der Waals surface area contributed by atoms with Gasteiger partial charge >= 0.3 is 0 Å². The maximum Gasteiger partial charge on any atom is 0.0543 e. The fraction of sp³-hybridized carbons (Fsp3) is 0.0698. The molecule has 10 rings (SSSR count). The summed E-state index contributed by atoms with van der Waals surface area (Å²) >= 11 is 3.75. The average molecular weight is 624 g/mol. The maximum absolute atomic E-state index is 2.50. The van der Waals surface area contributed by atoms with Gasteiger partial charge in [0.25, 0.3) is 0 Å². The van der Waals surface area contributed by atoms with Gasteiger partial charge in [-0.3, -0.25) is 0 Å². The smallest absolute Gasteiger partial charge is 0.0543 e. The summed E-state index contributed by atoms with van der Waals surface area (Å²) in [6.45, 7) is 4.73. The lowest BCUT2D eigenvalue weighted by Crippen LogP contribution is -2.16. The third-order valence-corrected chi connectivity index (χ3v) is 12.3. The van der Waals surface area contributed by atoms with E-state index in [4.69, 9.17) is 0 Å². The highest BCUT2D eigenvalue weighted by atomic mass is 32.1. The molecule has 2 heterocycles. The Morgan fingerprint density at radius 2 is 1.09 bits per heavy atom. The molecule has 0 N–H and O–H groups in total. The van der Waals surface area contributed by atoms with Gasteiger partial charge in [0.15, 0.2) is 0 Å². The molecule has 0 amide bonds. The zero-order valence-corrected chi connectivity index (χ0v) is 27.2. The normalized spacial score (nSPS) is 13.6. The van der Waals surface area contributed by atoms with Crippen LogP contribution in [0.15, 0.2) is 140 Å². The van der Waals surface area contributed by atoms with Crippen molar-refractivity contribution in [2.45, 2.75) is 19.3 Å². The average Bonchev–Trinajstić information content (AvgIpc) is 3.71. The highest BCUT2D eigenvalue weighted by molar-refractivity contribution is 7.26. The Balaban J connectivity index is 1.25. The molecule has 218 valence electrons. The number of fused-ring (bicyclic) bond motifs is 10. The predicted molar refractivity (Wildman–Crippen MR) is 202 cm³/mol. The largest absolute Gasteiger partial charge is 0.310 e. The second kappa shape index (κ2) is 9.53. The molecule has 0 atom stereocenters. The van der Waals surface area contributed by atoms with Crippen molar-refractivity contribution in [1.29, 1.82) is 0 Å². The molecule has 46 heavy (non-hydrogen) atoms. The Morgan fingerprint density at radius 1 is 0.457 bits per heavy atom.